The number of carbonyl (C=O) groups excluding carboxylic acids is 3. The van der Waals surface area contributed by atoms with Crippen LogP contribution in [-0.4, -0.2) is 46.9 Å². The lowest BCUT2D eigenvalue weighted by molar-refractivity contribution is -0.127. The number of carbonyl (C=O) groups is 3. The lowest BCUT2D eigenvalue weighted by Gasteiger charge is -2.21. The second-order valence-corrected chi connectivity index (χ2v) is 7.55. The Balaban J connectivity index is 1.50. The molecular weight excluding hydrogens is 406 g/mol. The fourth-order valence-corrected chi connectivity index (χ4v) is 3.48. The Morgan fingerprint density at radius 1 is 1.27 bits per heavy atom. The highest BCUT2D eigenvalue weighted by molar-refractivity contribution is 6.34. The number of anilines is 1. The highest BCUT2D eigenvalue weighted by atomic mass is 35.5. The monoisotopic (exact) mass is 429 g/mol. The molecule has 0 radical (unpaired) electrons. The number of halogens is 1. The zero-order valence-electron chi connectivity index (χ0n) is 16.7. The molecule has 0 bridgehead atoms. The van der Waals surface area contributed by atoms with Gasteiger partial charge < -0.3 is 20.9 Å². The van der Waals surface area contributed by atoms with Crippen molar-refractivity contribution in [1.29, 1.82) is 0 Å². The van der Waals surface area contributed by atoms with Gasteiger partial charge in [-0.25, -0.2) is 4.79 Å². The number of rotatable bonds is 7. The lowest BCUT2D eigenvalue weighted by atomic mass is 10.2. The van der Waals surface area contributed by atoms with Gasteiger partial charge in [-0.15, -0.1) is 0 Å². The lowest BCUT2D eigenvalue weighted by Crippen LogP contribution is -2.44. The molecule has 1 aliphatic heterocycles. The summed E-state index contributed by atoms with van der Waals surface area (Å²) < 4.78 is 0. The minimum absolute atomic E-state index is 0.118. The molecule has 30 heavy (non-hydrogen) atoms. The van der Waals surface area contributed by atoms with Crippen LogP contribution >= 0.6 is 11.6 Å². The smallest absolute Gasteiger partial charge is 0.319 e. The topological polar surface area (TPSA) is 103 Å². The van der Waals surface area contributed by atoms with Crippen molar-refractivity contribution in [2.75, 3.05) is 18.4 Å². The minimum atomic E-state index is -0.405. The van der Waals surface area contributed by atoms with Gasteiger partial charge in [0.15, 0.2) is 0 Å². The van der Waals surface area contributed by atoms with Crippen molar-refractivity contribution in [3.8, 4) is 0 Å². The van der Waals surface area contributed by atoms with Crippen LogP contribution in [0.1, 0.15) is 35.8 Å². The van der Waals surface area contributed by atoms with E-state index in [9.17, 15) is 14.4 Å². The number of hydrogen-bond donors (Lipinski definition) is 3. The first-order valence-corrected chi connectivity index (χ1v) is 10.1. The molecular formula is C21H24ClN5O3. The number of pyridine rings is 1. The predicted octanol–water partition coefficient (Wildman–Crippen LogP) is 2.80. The van der Waals surface area contributed by atoms with E-state index in [2.05, 4.69) is 20.9 Å². The molecule has 1 atom stereocenters. The van der Waals surface area contributed by atoms with Crippen LogP contribution < -0.4 is 16.0 Å². The maximum absolute atomic E-state index is 12.4. The Morgan fingerprint density at radius 3 is 2.77 bits per heavy atom. The van der Waals surface area contributed by atoms with E-state index in [1.165, 1.54) is 6.07 Å². The Morgan fingerprint density at radius 2 is 2.10 bits per heavy atom. The average molecular weight is 430 g/mol. The van der Waals surface area contributed by atoms with Gasteiger partial charge in [0.1, 0.15) is 0 Å². The molecule has 158 valence electrons. The van der Waals surface area contributed by atoms with E-state index >= 15 is 0 Å². The van der Waals surface area contributed by atoms with Crippen molar-refractivity contribution in [1.82, 2.24) is 20.5 Å². The molecule has 0 saturated carbocycles. The number of urea groups is 1. The first kappa shape index (κ1) is 21.6. The zero-order chi connectivity index (χ0) is 21.5. The molecule has 2 aromatic rings. The number of nitrogens with zero attached hydrogens (tertiary/aromatic N) is 2. The van der Waals surface area contributed by atoms with Crippen LogP contribution in [0.2, 0.25) is 5.02 Å². The summed E-state index contributed by atoms with van der Waals surface area (Å²) in [5, 5.41) is 8.48. The summed E-state index contributed by atoms with van der Waals surface area (Å²) in [7, 11) is 0. The molecule has 2 heterocycles. The van der Waals surface area contributed by atoms with E-state index in [0.29, 0.717) is 24.2 Å². The van der Waals surface area contributed by atoms with Gasteiger partial charge in [-0.05, 0) is 43.7 Å². The van der Waals surface area contributed by atoms with E-state index in [1.807, 2.05) is 19.1 Å². The largest absolute Gasteiger partial charge is 0.346 e. The molecule has 0 aliphatic carbocycles. The van der Waals surface area contributed by atoms with E-state index in [4.69, 9.17) is 11.6 Å². The number of amides is 4. The number of nitrogens with one attached hydrogen (secondary N) is 3. The van der Waals surface area contributed by atoms with Crippen molar-refractivity contribution in [3.05, 3.63) is 58.9 Å². The molecule has 1 saturated heterocycles. The van der Waals surface area contributed by atoms with E-state index in [-0.39, 0.29) is 29.4 Å². The van der Waals surface area contributed by atoms with Gasteiger partial charge in [0, 0.05) is 37.4 Å². The predicted molar refractivity (Wildman–Crippen MR) is 114 cm³/mol. The normalized spacial score (nSPS) is 14.3. The van der Waals surface area contributed by atoms with Crippen molar-refractivity contribution in [2.45, 2.75) is 32.4 Å². The third kappa shape index (κ3) is 5.93. The number of aromatic nitrogens is 1. The third-order valence-corrected chi connectivity index (χ3v) is 4.98. The first-order valence-electron chi connectivity index (χ1n) is 9.75. The van der Waals surface area contributed by atoms with Crippen LogP contribution in [0.15, 0.2) is 42.6 Å². The first-order chi connectivity index (χ1) is 14.4. The molecule has 1 aromatic heterocycles. The molecule has 9 heteroatoms. The van der Waals surface area contributed by atoms with Gasteiger partial charge in [0.25, 0.3) is 5.91 Å². The standard InChI is InChI=1S/C21H24ClN5O3/c1-14(13-27-10-4-6-19(27)28)25-21(30)26-15-7-8-17(18(22)11-15)20(29)24-12-16-5-2-3-9-23-16/h2-3,5,7-9,11,14H,4,6,10,12-13H2,1H3,(H,24,29)(H2,25,26,30)/t14-/m0/s1. The summed E-state index contributed by atoms with van der Waals surface area (Å²) in [6.45, 7) is 3.33. The summed E-state index contributed by atoms with van der Waals surface area (Å²) in [6, 6.07) is 9.54. The van der Waals surface area contributed by atoms with Crippen LogP contribution in [0.25, 0.3) is 0 Å². The van der Waals surface area contributed by atoms with Gasteiger partial charge in [-0.3, -0.25) is 14.6 Å². The van der Waals surface area contributed by atoms with Gasteiger partial charge >= 0.3 is 6.03 Å². The summed E-state index contributed by atoms with van der Waals surface area (Å²) in [6.07, 6.45) is 3.08. The minimum Gasteiger partial charge on any atom is -0.346 e. The summed E-state index contributed by atoms with van der Waals surface area (Å²) in [4.78, 5) is 42.2. The summed E-state index contributed by atoms with van der Waals surface area (Å²) in [5.41, 5.74) is 1.50. The molecule has 1 fully saturated rings. The Hall–Kier alpha value is -3.13. The summed E-state index contributed by atoms with van der Waals surface area (Å²) in [5.74, 6) is -0.210. The van der Waals surface area contributed by atoms with E-state index in [0.717, 1.165) is 18.7 Å². The second kappa shape index (κ2) is 10.1. The molecule has 3 N–H and O–H groups in total. The fourth-order valence-electron chi connectivity index (χ4n) is 3.21. The number of hydrogen-bond acceptors (Lipinski definition) is 4. The molecule has 4 amide bonds. The van der Waals surface area contributed by atoms with E-state index in [1.54, 1.807) is 29.3 Å². The van der Waals surface area contributed by atoms with Crippen LogP contribution in [0.4, 0.5) is 10.5 Å². The fraction of sp³-hybridized carbons (Fsp3) is 0.333. The highest BCUT2D eigenvalue weighted by Crippen LogP contribution is 2.21. The number of benzene rings is 1. The van der Waals surface area contributed by atoms with Crippen molar-refractivity contribution < 1.29 is 14.4 Å². The average Bonchev–Trinajstić information content (AvgIpc) is 3.11. The Labute approximate surface area is 180 Å². The second-order valence-electron chi connectivity index (χ2n) is 7.14. The van der Waals surface area contributed by atoms with Crippen LogP contribution in [-0.2, 0) is 11.3 Å². The highest BCUT2D eigenvalue weighted by Gasteiger charge is 2.22. The molecule has 1 aliphatic rings. The maximum atomic E-state index is 12.4. The molecule has 8 nitrogen and oxygen atoms in total. The van der Waals surface area contributed by atoms with Crippen LogP contribution in [0.3, 0.4) is 0 Å². The van der Waals surface area contributed by atoms with Gasteiger partial charge in [-0.2, -0.15) is 0 Å². The van der Waals surface area contributed by atoms with E-state index < -0.39 is 6.03 Å². The number of likely N-dealkylation sites (tertiary alicyclic amines) is 1. The SMILES string of the molecule is C[C@@H](CN1CCCC1=O)NC(=O)Nc1ccc(C(=O)NCc2ccccn2)c(Cl)c1. The maximum Gasteiger partial charge on any atom is 0.319 e. The quantitative estimate of drug-likeness (QED) is 0.629. The summed E-state index contributed by atoms with van der Waals surface area (Å²) >= 11 is 6.23. The van der Waals surface area contributed by atoms with Gasteiger partial charge in [0.05, 0.1) is 22.8 Å². The Kier molecular flexibility index (Phi) is 7.24. The van der Waals surface area contributed by atoms with Crippen LogP contribution in [0, 0.1) is 0 Å². The molecule has 0 unspecified atom stereocenters. The molecule has 0 spiro atoms. The zero-order valence-corrected chi connectivity index (χ0v) is 17.4. The molecule has 1 aromatic carbocycles. The van der Waals surface area contributed by atoms with Gasteiger partial charge in [-0.1, -0.05) is 17.7 Å². The van der Waals surface area contributed by atoms with Crippen molar-refractivity contribution >= 4 is 35.1 Å². The van der Waals surface area contributed by atoms with Crippen molar-refractivity contribution in [2.24, 2.45) is 0 Å². The third-order valence-electron chi connectivity index (χ3n) is 4.67. The molecule has 3 rings (SSSR count). The van der Waals surface area contributed by atoms with Crippen molar-refractivity contribution in [3.63, 3.8) is 0 Å². The van der Waals surface area contributed by atoms with Crippen LogP contribution in [0.5, 0.6) is 0 Å². The Bertz CT molecular complexity index is 922. The van der Waals surface area contributed by atoms with Gasteiger partial charge in [0.2, 0.25) is 5.91 Å².